The van der Waals surface area contributed by atoms with Crippen LogP contribution in [-0.4, -0.2) is 101 Å². The summed E-state index contributed by atoms with van der Waals surface area (Å²) in [5.41, 5.74) is 7.41. The lowest BCUT2D eigenvalue weighted by atomic mass is 10.2. The Labute approximate surface area is 218 Å². The van der Waals surface area contributed by atoms with Gasteiger partial charge in [-0.1, -0.05) is 23.9 Å². The van der Waals surface area contributed by atoms with E-state index in [1.807, 2.05) is 24.3 Å². The average Bonchev–Trinajstić information content (AvgIpc) is 2.88. The van der Waals surface area contributed by atoms with E-state index < -0.39 is 10.0 Å². The van der Waals surface area contributed by atoms with Gasteiger partial charge in [-0.25, -0.2) is 12.7 Å². The molecule has 0 atom stereocenters. The minimum Gasteiger partial charge on any atom is -0.354 e. The van der Waals surface area contributed by atoms with Crippen molar-refractivity contribution < 1.29 is 13.2 Å². The van der Waals surface area contributed by atoms with E-state index in [0.717, 1.165) is 68.5 Å². The summed E-state index contributed by atoms with van der Waals surface area (Å²) >= 11 is 1.69. The predicted molar refractivity (Wildman–Crippen MR) is 144 cm³/mol. The van der Waals surface area contributed by atoms with Crippen LogP contribution in [0.2, 0.25) is 0 Å². The van der Waals surface area contributed by atoms with E-state index in [0.29, 0.717) is 11.4 Å². The molecular formula is C25H36N6O3S2. The van der Waals surface area contributed by atoms with Crippen molar-refractivity contribution in [2.24, 2.45) is 5.73 Å². The monoisotopic (exact) mass is 532 g/mol. The van der Waals surface area contributed by atoms with E-state index in [1.165, 1.54) is 9.20 Å². The Kier molecular flexibility index (Phi) is 8.91. The molecule has 3 N–H and O–H groups in total. The molecule has 2 aliphatic rings. The number of piperazine rings is 1. The van der Waals surface area contributed by atoms with Gasteiger partial charge in [-0.3, -0.25) is 9.69 Å². The molecule has 0 bridgehead atoms. The molecule has 1 amide bonds. The Bertz CT molecular complexity index is 1170. The lowest BCUT2D eigenvalue weighted by Crippen LogP contribution is -2.49. The van der Waals surface area contributed by atoms with Gasteiger partial charge in [0.15, 0.2) is 0 Å². The van der Waals surface area contributed by atoms with Crippen LogP contribution in [0.15, 0.2) is 57.2 Å². The fraction of sp³-hybridized carbons (Fsp3) is 0.480. The van der Waals surface area contributed by atoms with Gasteiger partial charge in [-0.05, 0) is 43.3 Å². The minimum atomic E-state index is -3.51. The van der Waals surface area contributed by atoms with Crippen molar-refractivity contribution in [2.45, 2.75) is 21.1 Å². The quantitative estimate of drug-likeness (QED) is 0.476. The Hall–Kier alpha value is -2.15. The molecule has 2 aromatic rings. The van der Waals surface area contributed by atoms with Gasteiger partial charge >= 0.3 is 0 Å². The maximum atomic E-state index is 12.8. The molecule has 0 spiro atoms. The molecule has 36 heavy (non-hydrogen) atoms. The number of nitrogens with one attached hydrogen (secondary N) is 1. The third kappa shape index (κ3) is 6.21. The molecule has 2 aromatic carbocycles. The highest BCUT2D eigenvalue weighted by Crippen LogP contribution is 2.48. The fourth-order valence-electron chi connectivity index (χ4n) is 4.54. The average molecular weight is 533 g/mol. The summed E-state index contributed by atoms with van der Waals surface area (Å²) in [6.07, 6.45) is 0.968. The Morgan fingerprint density at radius 2 is 1.64 bits per heavy atom. The van der Waals surface area contributed by atoms with Gasteiger partial charge in [0, 0.05) is 69.7 Å². The van der Waals surface area contributed by atoms with Crippen molar-refractivity contribution in [3.63, 3.8) is 0 Å². The summed E-state index contributed by atoms with van der Waals surface area (Å²) in [4.78, 5) is 21.0. The Balaban J connectivity index is 1.38. The van der Waals surface area contributed by atoms with E-state index in [9.17, 15) is 13.2 Å². The van der Waals surface area contributed by atoms with Crippen molar-refractivity contribution in [2.75, 3.05) is 77.9 Å². The third-order valence-corrected chi connectivity index (χ3v) is 9.57. The number of para-hydroxylation sites is 1. The molecule has 0 unspecified atom stereocenters. The summed E-state index contributed by atoms with van der Waals surface area (Å²) in [5.74, 6) is -0.112. The first-order chi connectivity index (χ1) is 17.3. The Morgan fingerprint density at radius 3 is 2.33 bits per heavy atom. The number of sulfonamides is 1. The number of hydrogen-bond acceptors (Lipinski definition) is 8. The maximum Gasteiger partial charge on any atom is 0.242 e. The van der Waals surface area contributed by atoms with Crippen LogP contribution in [0.1, 0.15) is 6.42 Å². The summed E-state index contributed by atoms with van der Waals surface area (Å²) in [5, 5.41) is 2.83. The zero-order valence-electron chi connectivity index (χ0n) is 21.0. The van der Waals surface area contributed by atoms with Gasteiger partial charge in [0.1, 0.15) is 0 Å². The zero-order valence-corrected chi connectivity index (χ0v) is 22.7. The van der Waals surface area contributed by atoms with Gasteiger partial charge in [0.2, 0.25) is 15.9 Å². The van der Waals surface area contributed by atoms with Gasteiger partial charge < -0.3 is 20.9 Å². The number of carbonyl (C=O) groups excluding carboxylic acids is 1. The first-order valence-electron chi connectivity index (χ1n) is 12.3. The molecule has 11 heteroatoms. The fourth-order valence-corrected chi connectivity index (χ4v) is 6.53. The smallest absolute Gasteiger partial charge is 0.242 e. The van der Waals surface area contributed by atoms with Crippen LogP contribution in [-0.2, 0) is 14.8 Å². The van der Waals surface area contributed by atoms with Crippen molar-refractivity contribution in [3.8, 4) is 0 Å². The lowest BCUT2D eigenvalue weighted by molar-refractivity contribution is -0.119. The Morgan fingerprint density at radius 1 is 0.972 bits per heavy atom. The number of amides is 1. The van der Waals surface area contributed by atoms with Crippen molar-refractivity contribution in [1.29, 1.82) is 0 Å². The summed E-state index contributed by atoms with van der Waals surface area (Å²) in [6, 6.07) is 13.8. The molecule has 2 aliphatic heterocycles. The van der Waals surface area contributed by atoms with Crippen LogP contribution < -0.4 is 16.0 Å². The number of anilines is 2. The number of benzene rings is 2. The van der Waals surface area contributed by atoms with Gasteiger partial charge in [0.05, 0.1) is 22.8 Å². The molecule has 1 saturated heterocycles. The number of carbonyl (C=O) groups is 1. The van der Waals surface area contributed by atoms with Crippen LogP contribution in [0.5, 0.6) is 0 Å². The maximum absolute atomic E-state index is 12.8. The minimum absolute atomic E-state index is 0.0329. The SMILES string of the molecule is CN(C)S(=O)(=O)c1ccc2c(c1)N(CCCN1CCN(CCNC(=O)CN)CC1)c1ccccc1S2. The highest BCUT2D eigenvalue weighted by Gasteiger charge is 2.27. The van der Waals surface area contributed by atoms with Crippen LogP contribution >= 0.6 is 11.8 Å². The number of nitrogens with zero attached hydrogens (tertiary/aromatic N) is 4. The summed E-state index contributed by atoms with van der Waals surface area (Å²) in [6.45, 7) is 7.26. The molecule has 0 saturated carbocycles. The van der Waals surface area contributed by atoms with E-state index in [2.05, 4.69) is 32.1 Å². The van der Waals surface area contributed by atoms with Crippen LogP contribution in [0.4, 0.5) is 11.4 Å². The number of rotatable bonds is 10. The van der Waals surface area contributed by atoms with Crippen molar-refractivity contribution >= 4 is 39.1 Å². The second-order valence-electron chi connectivity index (χ2n) is 9.23. The summed E-state index contributed by atoms with van der Waals surface area (Å²) in [7, 11) is -0.388. The highest BCUT2D eigenvalue weighted by atomic mass is 32.2. The van der Waals surface area contributed by atoms with Crippen LogP contribution in [0.25, 0.3) is 0 Å². The number of nitrogens with two attached hydrogens (primary N) is 1. The molecule has 4 rings (SSSR count). The second kappa shape index (κ2) is 11.9. The van der Waals surface area contributed by atoms with E-state index in [1.54, 1.807) is 31.9 Å². The molecule has 0 aromatic heterocycles. The van der Waals surface area contributed by atoms with Crippen LogP contribution in [0.3, 0.4) is 0 Å². The number of hydrogen-bond donors (Lipinski definition) is 2. The van der Waals surface area contributed by atoms with Crippen LogP contribution in [0, 0.1) is 0 Å². The van der Waals surface area contributed by atoms with E-state index in [-0.39, 0.29) is 12.5 Å². The van der Waals surface area contributed by atoms with E-state index >= 15 is 0 Å². The largest absolute Gasteiger partial charge is 0.354 e. The molecule has 0 radical (unpaired) electrons. The number of fused-ring (bicyclic) bond motifs is 2. The van der Waals surface area contributed by atoms with Gasteiger partial charge in [-0.15, -0.1) is 0 Å². The molecular weight excluding hydrogens is 496 g/mol. The molecule has 1 fully saturated rings. The zero-order chi connectivity index (χ0) is 25.7. The third-order valence-electron chi connectivity index (χ3n) is 6.63. The lowest BCUT2D eigenvalue weighted by Gasteiger charge is -2.36. The predicted octanol–water partition coefficient (Wildman–Crippen LogP) is 1.62. The van der Waals surface area contributed by atoms with Gasteiger partial charge in [-0.2, -0.15) is 0 Å². The second-order valence-corrected chi connectivity index (χ2v) is 12.5. The highest BCUT2D eigenvalue weighted by molar-refractivity contribution is 7.99. The molecule has 2 heterocycles. The summed E-state index contributed by atoms with van der Waals surface area (Å²) < 4.78 is 26.8. The first-order valence-corrected chi connectivity index (χ1v) is 14.6. The normalized spacial score (nSPS) is 16.6. The molecule has 9 nitrogen and oxygen atoms in total. The molecule has 0 aliphatic carbocycles. The van der Waals surface area contributed by atoms with Gasteiger partial charge in [0.25, 0.3) is 0 Å². The standard InChI is InChI=1S/C25H36N6O3S2/c1-28(2)36(33,34)20-8-9-24-22(18-20)31(21-6-3-4-7-23(21)35-24)12-5-11-29-14-16-30(17-15-29)13-10-27-25(32)19-26/h3-4,6-9,18H,5,10-17,19,26H2,1-2H3,(H,27,32). The van der Waals surface area contributed by atoms with Crippen molar-refractivity contribution in [3.05, 3.63) is 42.5 Å². The first kappa shape index (κ1) is 26.9. The molecule has 196 valence electrons. The van der Waals surface area contributed by atoms with Crippen molar-refractivity contribution in [1.82, 2.24) is 19.4 Å². The topological polar surface area (TPSA) is 102 Å². The van der Waals surface area contributed by atoms with E-state index in [4.69, 9.17) is 5.73 Å².